The number of thiazole rings is 1. The molecule has 2 aromatic carbocycles. The van der Waals surface area contributed by atoms with Gasteiger partial charge in [0.15, 0.2) is 0 Å². The molecular formula is C42H54N6O7S. The maximum Gasteiger partial charge on any atom is 0.408 e. The number of ether oxygens (including phenoxy) is 1. The molecule has 0 aliphatic heterocycles. The molecule has 0 saturated heterocycles. The van der Waals surface area contributed by atoms with Crippen LogP contribution in [0.4, 0.5) is 9.59 Å². The van der Waals surface area contributed by atoms with Crippen LogP contribution in [0.3, 0.4) is 0 Å². The van der Waals surface area contributed by atoms with Gasteiger partial charge in [-0.25, -0.2) is 9.59 Å². The van der Waals surface area contributed by atoms with E-state index in [0.717, 1.165) is 32.2 Å². The van der Waals surface area contributed by atoms with Crippen LogP contribution in [-0.2, 0) is 33.8 Å². The molecule has 0 spiro atoms. The fourth-order valence-corrected chi connectivity index (χ4v) is 7.03. The van der Waals surface area contributed by atoms with Gasteiger partial charge in [0.2, 0.25) is 11.8 Å². The van der Waals surface area contributed by atoms with Crippen LogP contribution in [0.2, 0.25) is 0 Å². The third kappa shape index (κ3) is 12.9. The van der Waals surface area contributed by atoms with Gasteiger partial charge in [-0.3, -0.25) is 24.5 Å². The van der Waals surface area contributed by atoms with E-state index in [9.17, 15) is 29.4 Å². The Morgan fingerprint density at radius 2 is 1.48 bits per heavy atom. The van der Waals surface area contributed by atoms with Crippen molar-refractivity contribution in [2.75, 3.05) is 7.05 Å². The third-order valence-electron chi connectivity index (χ3n) is 9.34. The number of nitrogens with zero attached hydrogens (tertiary/aromatic N) is 3. The lowest BCUT2D eigenvalue weighted by atomic mass is 9.84. The molecular weight excluding hydrogens is 733 g/mol. The number of carboxylic acid groups (broad SMARTS) is 1. The first-order valence-corrected chi connectivity index (χ1v) is 19.4. The van der Waals surface area contributed by atoms with E-state index in [0.29, 0.717) is 6.42 Å². The van der Waals surface area contributed by atoms with E-state index in [1.165, 1.54) is 18.4 Å². The normalized spacial score (nSPS) is 14.4. The van der Waals surface area contributed by atoms with Crippen LogP contribution in [0.5, 0.6) is 0 Å². The Morgan fingerprint density at radius 1 is 0.821 bits per heavy atom. The smallest absolute Gasteiger partial charge is 0.408 e. The van der Waals surface area contributed by atoms with Gasteiger partial charge in [-0.1, -0.05) is 102 Å². The Morgan fingerprint density at radius 3 is 2.05 bits per heavy atom. The number of pyridine rings is 1. The number of aliphatic hydroxyl groups is 1. The lowest BCUT2D eigenvalue weighted by molar-refractivity contribution is -0.130. The van der Waals surface area contributed by atoms with E-state index >= 15 is 0 Å². The summed E-state index contributed by atoms with van der Waals surface area (Å²) in [7, 11) is 1.36. The van der Waals surface area contributed by atoms with Gasteiger partial charge in [0.05, 0.1) is 28.2 Å². The summed E-state index contributed by atoms with van der Waals surface area (Å²) in [6.07, 6.45) is 0.644. The minimum atomic E-state index is -1.25. The zero-order valence-electron chi connectivity index (χ0n) is 33.1. The van der Waals surface area contributed by atoms with Crippen molar-refractivity contribution < 1.29 is 34.1 Å². The largest absolute Gasteiger partial charge is 0.465 e. The number of amides is 4. The Hall–Kier alpha value is -5.34. The number of likely N-dealkylation sites (N-methyl/N-ethyl adjacent to an activating group) is 1. The van der Waals surface area contributed by atoms with Gasteiger partial charge in [-0.2, -0.15) is 0 Å². The van der Waals surface area contributed by atoms with Gasteiger partial charge in [0.25, 0.3) is 0 Å². The van der Waals surface area contributed by atoms with Gasteiger partial charge < -0.3 is 30.9 Å². The second-order valence-corrected chi connectivity index (χ2v) is 17.0. The molecule has 2 aromatic heterocycles. The van der Waals surface area contributed by atoms with Crippen molar-refractivity contribution in [2.24, 2.45) is 10.8 Å². The Labute approximate surface area is 332 Å². The first kappa shape index (κ1) is 43.4. The first-order chi connectivity index (χ1) is 26.4. The number of aromatic nitrogens is 2. The van der Waals surface area contributed by atoms with Crippen LogP contribution in [0, 0.1) is 10.8 Å². The van der Waals surface area contributed by atoms with Crippen molar-refractivity contribution in [3.63, 3.8) is 0 Å². The SMILES string of the molecule is CN(C(=O)O)[C@H](C(=O)N[C@@H](Cc1ccc(-c2ccccn2)cc1)C[C@H](O)[C@H](Cc1ccccc1)NC(=O)[C@@H](NC(=O)OCc1cncs1)C(C)(C)C)C(C)(C)C. The van der Waals surface area contributed by atoms with Crippen LogP contribution in [0.25, 0.3) is 11.3 Å². The predicted octanol–water partition coefficient (Wildman–Crippen LogP) is 6.08. The fraction of sp³-hybridized carbons (Fsp3) is 0.429. The molecule has 4 aromatic rings. The number of hydrogen-bond donors (Lipinski definition) is 5. The van der Waals surface area contributed by atoms with E-state index in [-0.39, 0.29) is 19.4 Å². The van der Waals surface area contributed by atoms with Crippen molar-refractivity contribution >= 4 is 35.3 Å². The summed E-state index contributed by atoms with van der Waals surface area (Å²) in [5.74, 6) is -1.03. The van der Waals surface area contributed by atoms with Gasteiger partial charge >= 0.3 is 12.2 Å². The topological polar surface area (TPSA) is 183 Å². The minimum Gasteiger partial charge on any atom is -0.465 e. The molecule has 0 bridgehead atoms. The molecule has 300 valence electrons. The quantitative estimate of drug-likeness (QED) is 0.0900. The lowest BCUT2D eigenvalue weighted by Gasteiger charge is -2.37. The standard InChI is InChI=1S/C42H54N6O7S/c1-41(2,3)35(47-39(52)55-25-31-24-43-26-56-31)37(50)46-33(22-27-13-9-8-10-14-27)34(49)23-30(45-38(51)36(42(4,5)6)48(7)40(53)54)21-28-16-18-29(19-17-28)32-15-11-12-20-44-32/h8-20,24,26,30,33-36,49H,21-23,25H2,1-7H3,(H,45,51)(H,46,50)(H,47,52)(H,53,54)/t30-,33-,34-,35+,36+/m0/s1. The Kier molecular flexibility index (Phi) is 15.1. The van der Waals surface area contributed by atoms with Crippen LogP contribution in [0.1, 0.15) is 64.0 Å². The van der Waals surface area contributed by atoms with Crippen LogP contribution in [0.15, 0.2) is 90.7 Å². The molecule has 0 fully saturated rings. The van der Waals surface area contributed by atoms with Crippen LogP contribution in [-0.4, -0.2) is 86.4 Å². The highest BCUT2D eigenvalue weighted by Crippen LogP contribution is 2.26. The average molecular weight is 787 g/mol. The van der Waals surface area contributed by atoms with E-state index in [1.54, 1.807) is 38.7 Å². The maximum absolute atomic E-state index is 14.1. The number of hydrogen-bond acceptors (Lipinski definition) is 9. The molecule has 14 heteroatoms. The molecule has 4 amide bonds. The van der Waals surface area contributed by atoms with Crippen LogP contribution >= 0.6 is 11.3 Å². The van der Waals surface area contributed by atoms with Crippen LogP contribution < -0.4 is 16.0 Å². The van der Waals surface area contributed by atoms with E-state index in [4.69, 9.17) is 4.74 Å². The highest BCUT2D eigenvalue weighted by Gasteiger charge is 2.39. The molecule has 0 radical (unpaired) electrons. The zero-order chi connectivity index (χ0) is 41.0. The molecule has 4 rings (SSSR count). The molecule has 0 aliphatic rings. The monoisotopic (exact) mass is 786 g/mol. The molecule has 5 N–H and O–H groups in total. The highest BCUT2D eigenvalue weighted by molar-refractivity contribution is 7.09. The number of rotatable bonds is 16. The number of aliphatic hydroxyl groups excluding tert-OH is 1. The molecule has 2 heterocycles. The molecule has 0 saturated carbocycles. The Balaban J connectivity index is 1.61. The Bertz CT molecular complexity index is 1860. The van der Waals surface area contributed by atoms with Gasteiger partial charge in [0, 0.05) is 31.0 Å². The summed E-state index contributed by atoms with van der Waals surface area (Å²) in [4.78, 5) is 63.2. The summed E-state index contributed by atoms with van der Waals surface area (Å²) < 4.78 is 5.37. The molecule has 5 atom stereocenters. The number of carbonyl (C=O) groups is 4. The second-order valence-electron chi connectivity index (χ2n) is 16.1. The summed E-state index contributed by atoms with van der Waals surface area (Å²) in [6.45, 7) is 10.8. The average Bonchev–Trinajstić information content (AvgIpc) is 3.66. The minimum absolute atomic E-state index is 0.00162. The van der Waals surface area contributed by atoms with Crippen molar-refractivity contribution in [3.8, 4) is 11.3 Å². The lowest BCUT2D eigenvalue weighted by Crippen LogP contribution is -2.59. The summed E-state index contributed by atoms with van der Waals surface area (Å²) in [5.41, 5.74) is 3.55. The third-order valence-corrected chi connectivity index (χ3v) is 10.1. The number of benzene rings is 2. The fourth-order valence-electron chi connectivity index (χ4n) is 6.52. The number of alkyl carbamates (subject to hydrolysis) is 1. The van der Waals surface area contributed by atoms with Crippen molar-refractivity contribution in [1.29, 1.82) is 0 Å². The second kappa shape index (κ2) is 19.5. The highest BCUT2D eigenvalue weighted by atomic mass is 32.1. The summed E-state index contributed by atoms with van der Waals surface area (Å²) in [6, 6.07) is 19.2. The molecule has 0 aliphatic carbocycles. The van der Waals surface area contributed by atoms with E-state index in [1.807, 2.05) is 93.6 Å². The van der Waals surface area contributed by atoms with Gasteiger partial charge in [0.1, 0.15) is 18.7 Å². The van der Waals surface area contributed by atoms with Crippen molar-refractivity contribution in [3.05, 3.63) is 107 Å². The predicted molar refractivity (Wildman–Crippen MR) is 216 cm³/mol. The first-order valence-electron chi connectivity index (χ1n) is 18.5. The number of nitrogens with one attached hydrogen (secondary N) is 3. The maximum atomic E-state index is 14.1. The summed E-state index contributed by atoms with van der Waals surface area (Å²) >= 11 is 1.34. The summed E-state index contributed by atoms with van der Waals surface area (Å²) in [5, 5.41) is 30.6. The van der Waals surface area contributed by atoms with E-state index in [2.05, 4.69) is 25.9 Å². The van der Waals surface area contributed by atoms with Crippen molar-refractivity contribution in [2.45, 2.75) is 97.7 Å². The zero-order valence-corrected chi connectivity index (χ0v) is 33.9. The van der Waals surface area contributed by atoms with E-state index < -0.39 is 65.1 Å². The number of carbonyl (C=O) groups excluding carboxylic acids is 3. The van der Waals surface area contributed by atoms with Gasteiger partial charge in [-0.15, -0.1) is 11.3 Å². The van der Waals surface area contributed by atoms with Crippen molar-refractivity contribution in [1.82, 2.24) is 30.8 Å². The van der Waals surface area contributed by atoms with Gasteiger partial charge in [-0.05, 0) is 53.4 Å². The molecule has 56 heavy (non-hydrogen) atoms. The molecule has 0 unspecified atom stereocenters. The molecule has 13 nitrogen and oxygen atoms in total.